The number of likely N-dealkylation sites (tertiary alicyclic amines) is 1. The summed E-state index contributed by atoms with van der Waals surface area (Å²) < 4.78 is 58.4. The van der Waals surface area contributed by atoms with Crippen LogP contribution < -0.4 is 9.47 Å². The number of hydrogen-bond donors (Lipinski definition) is 0. The van der Waals surface area contributed by atoms with E-state index < -0.39 is 29.5 Å². The van der Waals surface area contributed by atoms with Crippen LogP contribution in [0.1, 0.15) is 49.7 Å². The van der Waals surface area contributed by atoms with Gasteiger partial charge in [0.25, 0.3) is 5.92 Å². The predicted molar refractivity (Wildman–Crippen MR) is 98.1 cm³/mol. The van der Waals surface area contributed by atoms with E-state index in [2.05, 4.69) is 4.90 Å². The lowest BCUT2D eigenvalue weighted by Crippen LogP contribution is -2.76. The fourth-order valence-electron chi connectivity index (χ4n) is 6.88. The molecule has 0 N–H and O–H groups in total. The zero-order valence-corrected chi connectivity index (χ0v) is 16.1. The quantitative estimate of drug-likeness (QED) is 0.766. The van der Waals surface area contributed by atoms with E-state index in [1.54, 1.807) is 6.07 Å². The molecule has 1 aromatic carbocycles. The number of benzene rings is 1. The Hall–Kier alpha value is -1.43. The van der Waals surface area contributed by atoms with E-state index in [0.29, 0.717) is 42.4 Å². The maximum atomic E-state index is 17.0. The van der Waals surface area contributed by atoms with Crippen LogP contribution in [0.3, 0.4) is 0 Å². The van der Waals surface area contributed by atoms with Crippen LogP contribution in [0.5, 0.6) is 11.5 Å². The van der Waals surface area contributed by atoms with Crippen LogP contribution in [-0.2, 0) is 11.8 Å². The normalized spacial score (nSPS) is 40.4. The van der Waals surface area contributed by atoms with Crippen LogP contribution in [0, 0.1) is 5.92 Å². The van der Waals surface area contributed by atoms with E-state index in [0.717, 1.165) is 12.1 Å². The van der Waals surface area contributed by atoms with Crippen molar-refractivity contribution < 1.29 is 22.6 Å². The van der Waals surface area contributed by atoms with Crippen LogP contribution in [-0.4, -0.2) is 48.8 Å². The molecule has 1 saturated heterocycles. The molecule has 0 radical (unpaired) electrons. The molecule has 1 unspecified atom stereocenters. The monoisotopic (exact) mass is 393 g/mol. The Bertz CT molecular complexity index is 841. The summed E-state index contributed by atoms with van der Waals surface area (Å²) in [5.41, 5.74) is -1.29. The molecule has 3 fully saturated rings. The molecule has 152 valence electrons. The molecule has 6 heteroatoms. The van der Waals surface area contributed by atoms with Crippen molar-refractivity contribution in [3.63, 3.8) is 0 Å². The average molecular weight is 393 g/mol. The first-order valence-corrected chi connectivity index (χ1v) is 10.6. The standard InChI is InChI=1S/C22H26F3NO2/c1-27-15-6-5-14-11-16-21(23)7-8-22(24,25)19-20(21,17(14)18(15)28-19)9-10-26(16)12-13-3-2-4-13/h5-6,13,16,19H,2-4,7-12H2,1H3/t16-,19?,20+,21-/m1/s1. The van der Waals surface area contributed by atoms with Gasteiger partial charge in [-0.25, -0.2) is 13.2 Å². The van der Waals surface area contributed by atoms with E-state index in [-0.39, 0.29) is 12.5 Å². The second-order valence-corrected chi connectivity index (χ2v) is 9.49. The smallest absolute Gasteiger partial charge is 0.285 e. The third-order valence-electron chi connectivity index (χ3n) is 8.40. The number of ether oxygens (including phenoxy) is 2. The van der Waals surface area contributed by atoms with Gasteiger partial charge in [0.15, 0.2) is 17.6 Å². The first kappa shape index (κ1) is 17.4. The van der Waals surface area contributed by atoms with Crippen LogP contribution in [0.2, 0.25) is 0 Å². The molecule has 1 spiro atoms. The SMILES string of the molecule is COc1ccc2c3c1OC1C(F)(F)CC[C@@]4(F)[C@@H](C2)N(CC2CCC2)CC[C@]314. The summed E-state index contributed by atoms with van der Waals surface area (Å²) in [5.74, 6) is -1.60. The van der Waals surface area contributed by atoms with Crippen molar-refractivity contribution in [1.82, 2.24) is 4.90 Å². The highest BCUT2D eigenvalue weighted by Gasteiger charge is 2.78. The first-order chi connectivity index (χ1) is 13.4. The Morgan fingerprint density at radius 2 is 2.00 bits per heavy atom. The van der Waals surface area contributed by atoms with Crippen molar-refractivity contribution in [2.75, 3.05) is 20.2 Å². The van der Waals surface area contributed by atoms with Crippen molar-refractivity contribution in [3.8, 4) is 11.5 Å². The summed E-state index contributed by atoms with van der Waals surface area (Å²) in [6.45, 7) is 1.56. The highest BCUT2D eigenvalue weighted by atomic mass is 19.3. The third-order valence-corrected chi connectivity index (χ3v) is 8.40. The van der Waals surface area contributed by atoms with Gasteiger partial charge < -0.3 is 9.47 Å². The minimum atomic E-state index is -3.03. The lowest BCUT2D eigenvalue weighted by molar-refractivity contribution is -0.223. The van der Waals surface area contributed by atoms with Gasteiger partial charge in [-0.15, -0.1) is 0 Å². The minimum Gasteiger partial charge on any atom is -0.493 e. The Balaban J connectivity index is 1.53. The zero-order chi connectivity index (χ0) is 19.3. The lowest BCUT2D eigenvalue weighted by Gasteiger charge is -2.62. The molecule has 0 aromatic heterocycles. The number of hydrogen-bond acceptors (Lipinski definition) is 3. The fraction of sp³-hybridized carbons (Fsp3) is 0.727. The number of alkyl halides is 3. The van der Waals surface area contributed by atoms with Gasteiger partial charge in [0.05, 0.1) is 12.5 Å². The molecular weight excluding hydrogens is 367 g/mol. The molecule has 4 atom stereocenters. The molecule has 3 aliphatic carbocycles. The summed E-state index contributed by atoms with van der Waals surface area (Å²) in [6, 6.07) is 3.39. The number of nitrogens with zero attached hydrogens (tertiary/aromatic N) is 1. The van der Waals surface area contributed by atoms with E-state index in [1.165, 1.54) is 26.4 Å². The predicted octanol–water partition coefficient (Wildman–Crippen LogP) is 4.26. The molecule has 3 nitrogen and oxygen atoms in total. The van der Waals surface area contributed by atoms with Crippen LogP contribution in [0.25, 0.3) is 0 Å². The average Bonchev–Trinajstić information content (AvgIpc) is 2.99. The van der Waals surface area contributed by atoms with Gasteiger partial charge in [-0.1, -0.05) is 12.5 Å². The van der Waals surface area contributed by atoms with Crippen LogP contribution in [0.4, 0.5) is 13.2 Å². The Morgan fingerprint density at radius 1 is 1.18 bits per heavy atom. The zero-order valence-electron chi connectivity index (χ0n) is 16.1. The van der Waals surface area contributed by atoms with Crippen molar-refractivity contribution in [1.29, 1.82) is 0 Å². The van der Waals surface area contributed by atoms with E-state index in [4.69, 9.17) is 9.47 Å². The highest BCUT2D eigenvalue weighted by Crippen LogP contribution is 2.69. The molecule has 2 aliphatic heterocycles. The van der Waals surface area contributed by atoms with Gasteiger partial charge >= 0.3 is 0 Å². The Morgan fingerprint density at radius 3 is 2.71 bits per heavy atom. The Kier molecular flexibility index (Phi) is 3.35. The Labute approximate surface area is 163 Å². The van der Waals surface area contributed by atoms with Crippen molar-refractivity contribution >= 4 is 0 Å². The molecular formula is C22H26F3NO2. The molecule has 1 aromatic rings. The van der Waals surface area contributed by atoms with E-state index in [1.807, 2.05) is 6.07 Å². The summed E-state index contributed by atoms with van der Waals surface area (Å²) in [7, 11) is 1.51. The number of methoxy groups -OCH3 is 1. The molecule has 5 aliphatic rings. The van der Waals surface area contributed by atoms with Crippen molar-refractivity contribution in [2.45, 2.75) is 74.1 Å². The van der Waals surface area contributed by atoms with E-state index in [9.17, 15) is 0 Å². The van der Waals surface area contributed by atoms with Gasteiger partial charge in [0.2, 0.25) is 0 Å². The summed E-state index contributed by atoms with van der Waals surface area (Å²) in [6.07, 6.45) is 2.64. The van der Waals surface area contributed by atoms with Gasteiger partial charge in [0.1, 0.15) is 5.67 Å². The van der Waals surface area contributed by atoms with Crippen molar-refractivity contribution in [3.05, 3.63) is 23.3 Å². The largest absolute Gasteiger partial charge is 0.493 e. The van der Waals surface area contributed by atoms with Gasteiger partial charge in [0, 0.05) is 24.6 Å². The topological polar surface area (TPSA) is 21.7 Å². The van der Waals surface area contributed by atoms with Gasteiger partial charge in [-0.2, -0.15) is 0 Å². The second kappa shape index (κ2) is 5.38. The van der Waals surface area contributed by atoms with Gasteiger partial charge in [-0.05, 0) is 56.2 Å². The van der Waals surface area contributed by atoms with Crippen LogP contribution >= 0.6 is 0 Å². The lowest BCUT2D eigenvalue weighted by atomic mass is 9.49. The maximum Gasteiger partial charge on any atom is 0.285 e. The highest BCUT2D eigenvalue weighted by molar-refractivity contribution is 5.63. The summed E-state index contributed by atoms with van der Waals surface area (Å²) >= 11 is 0. The number of rotatable bonds is 3. The second-order valence-electron chi connectivity index (χ2n) is 9.49. The molecule has 2 saturated carbocycles. The summed E-state index contributed by atoms with van der Waals surface area (Å²) in [5, 5.41) is 0. The minimum absolute atomic E-state index is 0.0955. The molecule has 28 heavy (non-hydrogen) atoms. The third kappa shape index (κ3) is 1.86. The molecule has 2 bridgehead atoms. The molecule has 0 amide bonds. The first-order valence-electron chi connectivity index (χ1n) is 10.6. The fourth-order valence-corrected chi connectivity index (χ4v) is 6.88. The summed E-state index contributed by atoms with van der Waals surface area (Å²) in [4.78, 5) is 2.28. The molecule has 6 rings (SSSR count). The van der Waals surface area contributed by atoms with Crippen molar-refractivity contribution in [2.24, 2.45) is 5.92 Å². The van der Waals surface area contributed by atoms with Crippen LogP contribution in [0.15, 0.2) is 12.1 Å². The maximum absolute atomic E-state index is 17.0. The number of halogens is 3. The van der Waals surface area contributed by atoms with E-state index >= 15 is 13.2 Å². The molecule has 2 heterocycles. The van der Waals surface area contributed by atoms with Gasteiger partial charge in [-0.3, -0.25) is 4.90 Å². The number of piperidine rings is 1.